The predicted molar refractivity (Wildman–Crippen MR) is 89.6 cm³/mol. The van der Waals surface area contributed by atoms with Crippen molar-refractivity contribution in [1.82, 2.24) is 13.9 Å². The van der Waals surface area contributed by atoms with Crippen LogP contribution in [0.5, 0.6) is 0 Å². The van der Waals surface area contributed by atoms with E-state index in [0.717, 1.165) is 24.7 Å². The molecule has 0 N–H and O–H groups in total. The summed E-state index contributed by atoms with van der Waals surface area (Å²) in [6.07, 6.45) is 6.88. The Labute approximate surface area is 143 Å². The molecule has 2 bridgehead atoms. The zero-order chi connectivity index (χ0) is 16.3. The van der Waals surface area contributed by atoms with E-state index >= 15 is 0 Å². The molecule has 0 unspecified atom stereocenters. The Balaban J connectivity index is 1.47. The predicted octanol–water partition coefficient (Wildman–Crippen LogP) is 1.74. The maximum Gasteiger partial charge on any atom is 0.352 e. The van der Waals surface area contributed by atoms with Crippen LogP contribution in [0.3, 0.4) is 0 Å². The Hall–Kier alpha value is -2.30. The van der Waals surface area contributed by atoms with Crippen molar-refractivity contribution < 1.29 is 0 Å². The van der Waals surface area contributed by atoms with Gasteiger partial charge in [0.2, 0.25) is 0 Å². The zero-order valence-electron chi connectivity index (χ0n) is 13.6. The molecule has 5 aliphatic carbocycles. The second-order valence-electron chi connectivity index (χ2n) is 8.98. The summed E-state index contributed by atoms with van der Waals surface area (Å²) in [6, 6.07) is 9.91. The van der Waals surface area contributed by atoms with Gasteiger partial charge >= 0.3 is 11.4 Å². The van der Waals surface area contributed by atoms with Gasteiger partial charge < -0.3 is 0 Å². The summed E-state index contributed by atoms with van der Waals surface area (Å²) in [5.41, 5.74) is 1.01. The van der Waals surface area contributed by atoms with Gasteiger partial charge in [-0.05, 0) is 48.6 Å². The molecule has 5 nitrogen and oxygen atoms in total. The summed E-state index contributed by atoms with van der Waals surface area (Å²) in [7, 11) is 0. The van der Waals surface area contributed by atoms with Gasteiger partial charge in [-0.25, -0.2) is 23.5 Å². The minimum atomic E-state index is -0.129. The zero-order valence-corrected chi connectivity index (χ0v) is 13.6. The van der Waals surface area contributed by atoms with Gasteiger partial charge in [0.25, 0.3) is 0 Å². The third-order valence-electron chi connectivity index (χ3n) is 9.13. The number of nitrogens with zero attached hydrogens (tertiary/aromatic N) is 3. The molecule has 124 valence electrons. The summed E-state index contributed by atoms with van der Waals surface area (Å²) in [6.45, 7) is 0. The third kappa shape index (κ3) is 0.783. The van der Waals surface area contributed by atoms with Gasteiger partial charge in [-0.2, -0.15) is 0 Å². The topological polar surface area (TPSA) is 48.9 Å². The fourth-order valence-electron chi connectivity index (χ4n) is 8.86. The lowest BCUT2D eigenvalue weighted by Gasteiger charge is -3.01. The molecule has 0 saturated heterocycles. The molecule has 25 heavy (non-hydrogen) atoms. The summed E-state index contributed by atoms with van der Waals surface area (Å²) in [5, 5.41) is 0. The van der Waals surface area contributed by atoms with Gasteiger partial charge in [-0.1, -0.05) is 30.4 Å². The standard InChI is InChI=1S/C20H17N3O2/c24-17-21(10-6-2-1-3-7-10)18(25)23-16-12-11-13-14(12)20(16)9-5-4-8-19(13,20)15(11)22(17)23/h1-7,11-16H,8-9H2/t11-,12-,13-,14-,15+,16+,19-,20-/m1/s1. The van der Waals surface area contributed by atoms with Crippen LogP contribution < -0.4 is 11.4 Å². The van der Waals surface area contributed by atoms with Crippen LogP contribution in [0.25, 0.3) is 5.69 Å². The smallest absolute Gasteiger partial charge is 0.245 e. The molecule has 5 heteroatoms. The molecule has 1 aromatic carbocycles. The molecule has 1 aromatic heterocycles. The molecular weight excluding hydrogens is 314 g/mol. The Kier molecular flexibility index (Phi) is 1.51. The lowest BCUT2D eigenvalue weighted by atomic mass is 9.04. The highest BCUT2D eigenvalue weighted by molar-refractivity contribution is 5.50. The average molecular weight is 331 g/mol. The van der Waals surface area contributed by atoms with E-state index in [1.807, 2.05) is 39.7 Å². The highest BCUT2D eigenvalue weighted by atomic mass is 16.2. The first-order valence-corrected chi connectivity index (χ1v) is 9.42. The number of hydrogen-bond donors (Lipinski definition) is 0. The fraction of sp³-hybridized carbons (Fsp3) is 0.500. The highest BCUT2D eigenvalue weighted by Crippen LogP contribution is 3.03. The van der Waals surface area contributed by atoms with Crippen LogP contribution in [0.1, 0.15) is 24.9 Å². The first-order chi connectivity index (χ1) is 12.2. The van der Waals surface area contributed by atoms with Crippen LogP contribution in [-0.4, -0.2) is 13.9 Å². The number of hydrogen-bond acceptors (Lipinski definition) is 2. The van der Waals surface area contributed by atoms with Gasteiger partial charge in [0, 0.05) is 10.8 Å². The quantitative estimate of drug-likeness (QED) is 0.748. The van der Waals surface area contributed by atoms with Crippen molar-refractivity contribution in [2.24, 2.45) is 34.5 Å². The van der Waals surface area contributed by atoms with E-state index in [1.165, 1.54) is 4.57 Å². The number of para-hydroxylation sites is 1. The molecule has 4 saturated carbocycles. The van der Waals surface area contributed by atoms with Crippen molar-refractivity contribution >= 4 is 0 Å². The Morgan fingerprint density at radius 3 is 1.84 bits per heavy atom. The van der Waals surface area contributed by atoms with Gasteiger partial charge in [0.05, 0.1) is 17.8 Å². The van der Waals surface area contributed by atoms with E-state index in [9.17, 15) is 9.59 Å². The lowest BCUT2D eigenvalue weighted by Crippen LogP contribution is -3.00. The van der Waals surface area contributed by atoms with Gasteiger partial charge in [-0.15, -0.1) is 0 Å². The third-order valence-corrected chi connectivity index (χ3v) is 9.13. The highest BCUT2D eigenvalue weighted by Gasteiger charge is 3.02. The molecular formula is C20H17N3O2. The first-order valence-electron chi connectivity index (χ1n) is 9.42. The van der Waals surface area contributed by atoms with E-state index in [0.29, 0.717) is 17.5 Å². The molecule has 3 heterocycles. The molecule has 4 fully saturated rings. The van der Waals surface area contributed by atoms with Crippen molar-refractivity contribution in [2.75, 3.05) is 0 Å². The van der Waals surface area contributed by atoms with E-state index in [-0.39, 0.29) is 34.3 Å². The molecule has 8 atom stereocenters. The van der Waals surface area contributed by atoms with E-state index in [1.54, 1.807) is 0 Å². The minimum absolute atomic E-state index is 0.129. The molecule has 9 rings (SSSR count). The molecule has 2 aromatic rings. The van der Waals surface area contributed by atoms with Crippen molar-refractivity contribution in [3.05, 3.63) is 63.5 Å². The largest absolute Gasteiger partial charge is 0.352 e. The average Bonchev–Trinajstić information content (AvgIpc) is 2.86. The first kappa shape index (κ1) is 12.1. The van der Waals surface area contributed by atoms with Gasteiger partial charge in [-0.3, -0.25) is 0 Å². The summed E-state index contributed by atoms with van der Waals surface area (Å²) >= 11 is 0. The van der Waals surface area contributed by atoms with Gasteiger partial charge in [0.1, 0.15) is 0 Å². The minimum Gasteiger partial charge on any atom is -0.245 e. The SMILES string of the molecule is O=c1n(-c2ccccc2)c(=O)n2n1[C@H]1[C@@H]3[C@@H]4[C@@H]5[C@@H]3[C@]13CC=CC[C@]53[C@H]42. The Morgan fingerprint density at radius 1 is 0.800 bits per heavy atom. The van der Waals surface area contributed by atoms with E-state index in [2.05, 4.69) is 12.2 Å². The van der Waals surface area contributed by atoms with Crippen LogP contribution in [0.2, 0.25) is 0 Å². The summed E-state index contributed by atoms with van der Waals surface area (Å²) in [5.74, 6) is 2.98. The summed E-state index contributed by atoms with van der Waals surface area (Å²) in [4.78, 5) is 26.6. The van der Waals surface area contributed by atoms with Crippen LogP contribution >= 0.6 is 0 Å². The Morgan fingerprint density at radius 2 is 1.32 bits per heavy atom. The second-order valence-corrected chi connectivity index (χ2v) is 8.98. The normalized spacial score (nSPS) is 50.6. The van der Waals surface area contributed by atoms with E-state index in [4.69, 9.17) is 0 Å². The maximum absolute atomic E-state index is 13.3. The fourth-order valence-corrected chi connectivity index (χ4v) is 8.86. The molecule has 2 spiro atoms. The summed E-state index contributed by atoms with van der Waals surface area (Å²) < 4.78 is 5.16. The van der Waals surface area contributed by atoms with Crippen molar-refractivity contribution in [3.8, 4) is 5.69 Å². The lowest BCUT2D eigenvalue weighted by molar-refractivity contribution is -0.551. The number of allylic oxidation sites excluding steroid dienone is 2. The monoisotopic (exact) mass is 331 g/mol. The van der Waals surface area contributed by atoms with Crippen LogP contribution in [0.4, 0.5) is 0 Å². The molecule has 0 radical (unpaired) electrons. The number of aromatic nitrogens is 3. The van der Waals surface area contributed by atoms with Crippen LogP contribution in [0, 0.1) is 34.5 Å². The maximum atomic E-state index is 13.3. The van der Waals surface area contributed by atoms with E-state index < -0.39 is 0 Å². The molecule has 0 amide bonds. The van der Waals surface area contributed by atoms with Crippen molar-refractivity contribution in [3.63, 3.8) is 0 Å². The van der Waals surface area contributed by atoms with Crippen LogP contribution in [-0.2, 0) is 0 Å². The molecule has 2 aliphatic heterocycles. The Bertz CT molecular complexity index is 1080. The number of rotatable bonds is 1. The second kappa shape index (κ2) is 3.11. The van der Waals surface area contributed by atoms with Gasteiger partial charge in [0.15, 0.2) is 0 Å². The molecule has 7 aliphatic rings. The van der Waals surface area contributed by atoms with Crippen molar-refractivity contribution in [1.29, 1.82) is 0 Å². The number of benzene rings is 1. The van der Waals surface area contributed by atoms with Crippen LogP contribution in [0.15, 0.2) is 52.1 Å². The van der Waals surface area contributed by atoms with Crippen molar-refractivity contribution in [2.45, 2.75) is 24.9 Å².